The SMILES string of the molecule is Cc1cc(C)c2nc(NNC(=O)CCS(=O)(=O)c3ccccc3)sc2c1. The number of rotatable bonds is 6. The van der Waals surface area contributed by atoms with E-state index in [9.17, 15) is 13.2 Å². The number of amides is 1. The Morgan fingerprint density at radius 2 is 1.88 bits per heavy atom. The molecule has 2 N–H and O–H groups in total. The van der Waals surface area contributed by atoms with Gasteiger partial charge in [-0.3, -0.25) is 15.6 Å². The third-order valence-electron chi connectivity index (χ3n) is 3.84. The van der Waals surface area contributed by atoms with Crippen molar-refractivity contribution < 1.29 is 13.2 Å². The molecule has 0 radical (unpaired) electrons. The lowest BCUT2D eigenvalue weighted by molar-refractivity contribution is -0.120. The first-order valence-corrected chi connectivity index (χ1v) is 10.5. The van der Waals surface area contributed by atoms with E-state index in [0.29, 0.717) is 5.13 Å². The van der Waals surface area contributed by atoms with Crippen LogP contribution in [-0.2, 0) is 14.6 Å². The highest BCUT2D eigenvalue weighted by molar-refractivity contribution is 7.91. The second-order valence-corrected chi connectivity index (χ2v) is 9.14. The molecule has 26 heavy (non-hydrogen) atoms. The number of fused-ring (bicyclic) bond motifs is 1. The van der Waals surface area contributed by atoms with Crippen LogP contribution in [-0.4, -0.2) is 25.1 Å². The maximum Gasteiger partial charge on any atom is 0.239 e. The van der Waals surface area contributed by atoms with E-state index in [-0.39, 0.29) is 17.1 Å². The van der Waals surface area contributed by atoms with E-state index < -0.39 is 15.7 Å². The third-order valence-corrected chi connectivity index (χ3v) is 6.49. The first-order valence-electron chi connectivity index (χ1n) is 8.05. The van der Waals surface area contributed by atoms with Crippen LogP contribution in [0.4, 0.5) is 5.13 Å². The van der Waals surface area contributed by atoms with E-state index >= 15 is 0 Å². The summed E-state index contributed by atoms with van der Waals surface area (Å²) in [6.07, 6.45) is -0.132. The highest BCUT2D eigenvalue weighted by Crippen LogP contribution is 2.28. The van der Waals surface area contributed by atoms with Crippen molar-refractivity contribution in [2.24, 2.45) is 0 Å². The zero-order valence-corrected chi connectivity index (χ0v) is 16.1. The van der Waals surface area contributed by atoms with Gasteiger partial charge in [-0.1, -0.05) is 35.6 Å². The van der Waals surface area contributed by atoms with Crippen LogP contribution in [0.2, 0.25) is 0 Å². The second-order valence-electron chi connectivity index (χ2n) is 6.00. The lowest BCUT2D eigenvalue weighted by Crippen LogP contribution is -2.30. The van der Waals surface area contributed by atoms with Gasteiger partial charge in [0.25, 0.3) is 0 Å². The smallest absolute Gasteiger partial charge is 0.239 e. The van der Waals surface area contributed by atoms with Crippen LogP contribution < -0.4 is 10.9 Å². The molecule has 2 aromatic carbocycles. The molecule has 3 aromatic rings. The minimum atomic E-state index is -3.47. The third kappa shape index (κ3) is 4.20. The number of anilines is 1. The summed E-state index contributed by atoms with van der Waals surface area (Å²) in [5.41, 5.74) is 8.40. The standard InChI is InChI=1S/C18H19N3O3S2/c1-12-10-13(2)17-15(11-12)25-18(19-17)21-20-16(22)8-9-26(23,24)14-6-4-3-5-7-14/h3-7,10-11H,8-9H2,1-2H3,(H,19,21)(H,20,22). The molecular formula is C18H19N3O3S2. The van der Waals surface area contributed by atoms with Gasteiger partial charge in [-0.2, -0.15) is 0 Å². The number of aryl methyl sites for hydroxylation is 2. The molecule has 0 bridgehead atoms. The lowest BCUT2D eigenvalue weighted by atomic mass is 10.1. The summed E-state index contributed by atoms with van der Waals surface area (Å²) in [6.45, 7) is 4.01. The highest BCUT2D eigenvalue weighted by atomic mass is 32.2. The van der Waals surface area contributed by atoms with Gasteiger partial charge in [-0.25, -0.2) is 13.4 Å². The molecule has 0 atom stereocenters. The average Bonchev–Trinajstić information content (AvgIpc) is 3.02. The topological polar surface area (TPSA) is 88.2 Å². The van der Waals surface area contributed by atoms with Crippen LogP contribution in [0.1, 0.15) is 17.5 Å². The van der Waals surface area contributed by atoms with E-state index in [1.54, 1.807) is 18.2 Å². The van der Waals surface area contributed by atoms with Gasteiger partial charge in [-0.05, 0) is 43.2 Å². The Bertz CT molecular complexity index is 1040. The van der Waals surface area contributed by atoms with E-state index in [0.717, 1.165) is 21.3 Å². The van der Waals surface area contributed by atoms with E-state index in [1.165, 1.54) is 23.5 Å². The van der Waals surface area contributed by atoms with Gasteiger partial charge in [0.1, 0.15) is 0 Å². The number of nitrogens with one attached hydrogen (secondary N) is 2. The Balaban J connectivity index is 1.58. The second kappa shape index (κ2) is 7.43. The van der Waals surface area contributed by atoms with Crippen LogP contribution in [0, 0.1) is 13.8 Å². The van der Waals surface area contributed by atoms with Crippen molar-refractivity contribution >= 4 is 42.4 Å². The van der Waals surface area contributed by atoms with Crippen molar-refractivity contribution in [3.8, 4) is 0 Å². The van der Waals surface area contributed by atoms with Crippen molar-refractivity contribution in [3.05, 3.63) is 53.6 Å². The summed E-state index contributed by atoms with van der Waals surface area (Å²) < 4.78 is 25.4. The van der Waals surface area contributed by atoms with E-state index in [4.69, 9.17) is 0 Å². The molecule has 1 aromatic heterocycles. The quantitative estimate of drug-likeness (QED) is 0.632. The fourth-order valence-electron chi connectivity index (χ4n) is 2.58. The molecule has 6 nitrogen and oxygen atoms in total. The number of hydrogen-bond donors (Lipinski definition) is 2. The minimum Gasteiger partial charge on any atom is -0.273 e. The van der Waals surface area contributed by atoms with Gasteiger partial charge in [0, 0.05) is 6.42 Å². The molecule has 0 fully saturated rings. The summed E-state index contributed by atoms with van der Waals surface area (Å²) in [5.74, 6) is -0.653. The Morgan fingerprint density at radius 3 is 2.62 bits per heavy atom. The molecule has 136 valence electrons. The fourth-order valence-corrected chi connectivity index (χ4v) is 4.84. The van der Waals surface area contributed by atoms with Crippen LogP contribution in [0.15, 0.2) is 47.4 Å². The number of carbonyl (C=O) groups is 1. The Kier molecular flexibility index (Phi) is 5.24. The zero-order chi connectivity index (χ0) is 18.7. The summed E-state index contributed by atoms with van der Waals surface area (Å²) in [6, 6.07) is 12.2. The number of sulfone groups is 1. The first-order chi connectivity index (χ1) is 12.3. The van der Waals surface area contributed by atoms with Gasteiger partial charge in [0.05, 0.1) is 20.9 Å². The van der Waals surface area contributed by atoms with E-state index in [1.807, 2.05) is 19.9 Å². The molecule has 8 heteroatoms. The number of benzene rings is 2. The number of carbonyl (C=O) groups excluding carboxylic acids is 1. The normalized spacial score (nSPS) is 11.5. The average molecular weight is 390 g/mol. The Morgan fingerprint density at radius 1 is 1.15 bits per heavy atom. The Labute approximate surface area is 156 Å². The molecule has 1 amide bonds. The van der Waals surface area contributed by atoms with Crippen molar-refractivity contribution in [2.75, 3.05) is 11.2 Å². The van der Waals surface area contributed by atoms with Crippen LogP contribution in [0.3, 0.4) is 0 Å². The maximum absolute atomic E-state index is 12.2. The highest BCUT2D eigenvalue weighted by Gasteiger charge is 2.16. The van der Waals surface area contributed by atoms with Gasteiger partial charge in [0.15, 0.2) is 9.84 Å². The molecule has 0 spiro atoms. The number of hydrogen-bond acceptors (Lipinski definition) is 6. The summed E-state index contributed by atoms with van der Waals surface area (Å²) in [7, 11) is -3.47. The molecule has 0 aliphatic heterocycles. The maximum atomic E-state index is 12.2. The van der Waals surface area contributed by atoms with Gasteiger partial charge in [-0.15, -0.1) is 0 Å². The summed E-state index contributed by atoms with van der Waals surface area (Å²) >= 11 is 1.43. The monoisotopic (exact) mass is 389 g/mol. The predicted octanol–water partition coefficient (Wildman–Crippen LogP) is 3.22. The number of thiazole rings is 1. The predicted molar refractivity (Wildman–Crippen MR) is 104 cm³/mol. The molecule has 3 rings (SSSR count). The van der Waals surface area contributed by atoms with Gasteiger partial charge < -0.3 is 0 Å². The fraction of sp³-hybridized carbons (Fsp3) is 0.222. The van der Waals surface area contributed by atoms with Crippen molar-refractivity contribution in [1.29, 1.82) is 0 Å². The molecule has 0 saturated carbocycles. The van der Waals surface area contributed by atoms with Crippen LogP contribution in [0.25, 0.3) is 10.2 Å². The van der Waals surface area contributed by atoms with Crippen molar-refractivity contribution in [2.45, 2.75) is 25.2 Å². The molecular weight excluding hydrogens is 370 g/mol. The first kappa shape index (κ1) is 18.3. The van der Waals surface area contributed by atoms with Gasteiger partial charge in [0.2, 0.25) is 11.0 Å². The molecule has 0 unspecified atom stereocenters. The Hall–Kier alpha value is -2.45. The zero-order valence-electron chi connectivity index (χ0n) is 14.4. The molecule has 0 aliphatic carbocycles. The summed E-state index contributed by atoms with van der Waals surface area (Å²) in [5, 5.41) is 0.563. The number of aromatic nitrogens is 1. The lowest BCUT2D eigenvalue weighted by Gasteiger charge is -2.06. The van der Waals surface area contributed by atoms with Crippen molar-refractivity contribution in [1.82, 2.24) is 10.4 Å². The van der Waals surface area contributed by atoms with Crippen LogP contribution in [0.5, 0.6) is 0 Å². The van der Waals surface area contributed by atoms with Crippen LogP contribution >= 0.6 is 11.3 Å². The number of hydrazine groups is 1. The molecule has 0 saturated heterocycles. The van der Waals surface area contributed by atoms with Crippen molar-refractivity contribution in [3.63, 3.8) is 0 Å². The van der Waals surface area contributed by atoms with Gasteiger partial charge >= 0.3 is 0 Å². The molecule has 1 heterocycles. The molecule has 0 aliphatic rings. The van der Waals surface area contributed by atoms with E-state index in [2.05, 4.69) is 21.9 Å². The minimum absolute atomic E-state index is 0.132. The largest absolute Gasteiger partial charge is 0.273 e. The summed E-state index contributed by atoms with van der Waals surface area (Å²) in [4.78, 5) is 16.6. The number of nitrogens with zero attached hydrogens (tertiary/aromatic N) is 1.